The molecule has 0 amide bonds. The molecule has 27 heavy (non-hydrogen) atoms. The Bertz CT molecular complexity index is 759. The normalized spacial score (nSPS) is 18.0. The number of hydrogen-bond acceptors (Lipinski definition) is 4. The fourth-order valence-electron chi connectivity index (χ4n) is 4.05. The molecule has 0 aliphatic carbocycles. The van der Waals surface area contributed by atoms with Crippen molar-refractivity contribution in [2.45, 2.75) is 45.2 Å². The first-order valence-corrected chi connectivity index (χ1v) is 9.75. The Kier molecular flexibility index (Phi) is 6.62. The predicted molar refractivity (Wildman–Crippen MR) is 109 cm³/mol. The molecule has 1 aliphatic rings. The molecule has 0 spiro atoms. The lowest BCUT2D eigenvalue weighted by Crippen LogP contribution is -2.28. The highest BCUT2D eigenvalue weighted by Gasteiger charge is 2.24. The molecule has 3 rings (SSSR count). The Morgan fingerprint density at radius 2 is 1.63 bits per heavy atom. The summed E-state index contributed by atoms with van der Waals surface area (Å²) in [6, 6.07) is 13.3. The van der Waals surface area contributed by atoms with Crippen molar-refractivity contribution >= 4 is 0 Å². The lowest BCUT2D eigenvalue weighted by atomic mass is 9.98. The maximum Gasteiger partial charge on any atom is 0.164 e. The van der Waals surface area contributed by atoms with Gasteiger partial charge in [-0.3, -0.25) is 4.90 Å². The smallest absolute Gasteiger partial charge is 0.164 e. The third-order valence-corrected chi connectivity index (χ3v) is 5.45. The first-order chi connectivity index (χ1) is 13.2. The molecule has 0 radical (unpaired) electrons. The van der Waals surface area contributed by atoms with Crippen molar-refractivity contribution in [3.8, 4) is 17.2 Å². The standard InChI is InChI=1S/C23H31NO3/c1-17-9-8-10-18(13-17)20-11-6-5-7-12-24(20)16-19-14-22(26-3)23(27-4)15-21(19)25-2/h8-10,13-15,20H,5-7,11-12,16H2,1-4H3. The summed E-state index contributed by atoms with van der Waals surface area (Å²) >= 11 is 0. The van der Waals surface area contributed by atoms with Gasteiger partial charge in [-0.05, 0) is 37.9 Å². The van der Waals surface area contributed by atoms with E-state index < -0.39 is 0 Å². The van der Waals surface area contributed by atoms with Crippen LogP contribution in [-0.2, 0) is 6.54 Å². The number of benzene rings is 2. The van der Waals surface area contributed by atoms with Crippen molar-refractivity contribution in [3.63, 3.8) is 0 Å². The Morgan fingerprint density at radius 1 is 0.889 bits per heavy atom. The second kappa shape index (κ2) is 9.14. The molecule has 2 aromatic carbocycles. The van der Waals surface area contributed by atoms with E-state index in [1.807, 2.05) is 6.07 Å². The number of rotatable bonds is 6. The van der Waals surface area contributed by atoms with Gasteiger partial charge in [-0.25, -0.2) is 0 Å². The van der Waals surface area contributed by atoms with Crippen LogP contribution in [-0.4, -0.2) is 32.8 Å². The van der Waals surface area contributed by atoms with Gasteiger partial charge in [0, 0.05) is 24.2 Å². The molecule has 1 aliphatic heterocycles. The quantitative estimate of drug-likeness (QED) is 0.706. The lowest BCUT2D eigenvalue weighted by Gasteiger charge is -2.31. The van der Waals surface area contributed by atoms with Gasteiger partial charge in [0.25, 0.3) is 0 Å². The van der Waals surface area contributed by atoms with Crippen molar-refractivity contribution in [1.82, 2.24) is 4.90 Å². The molecular weight excluding hydrogens is 338 g/mol. The highest BCUT2D eigenvalue weighted by atomic mass is 16.5. The Labute approximate surface area is 163 Å². The van der Waals surface area contributed by atoms with Crippen molar-refractivity contribution in [3.05, 3.63) is 53.1 Å². The Morgan fingerprint density at radius 3 is 2.33 bits per heavy atom. The first-order valence-electron chi connectivity index (χ1n) is 9.75. The van der Waals surface area contributed by atoms with E-state index in [4.69, 9.17) is 14.2 Å². The van der Waals surface area contributed by atoms with Gasteiger partial charge in [-0.1, -0.05) is 42.7 Å². The molecule has 1 heterocycles. The average molecular weight is 370 g/mol. The maximum absolute atomic E-state index is 5.66. The average Bonchev–Trinajstić information content (AvgIpc) is 2.93. The molecule has 1 fully saturated rings. The summed E-state index contributed by atoms with van der Waals surface area (Å²) in [5.41, 5.74) is 3.87. The molecular formula is C23H31NO3. The summed E-state index contributed by atoms with van der Waals surface area (Å²) in [7, 11) is 5.04. The van der Waals surface area contributed by atoms with Crippen LogP contribution in [0.25, 0.3) is 0 Å². The molecule has 0 aromatic heterocycles. The topological polar surface area (TPSA) is 30.9 Å². The zero-order chi connectivity index (χ0) is 19.2. The van der Waals surface area contributed by atoms with E-state index in [2.05, 4.69) is 42.2 Å². The van der Waals surface area contributed by atoms with Crippen molar-refractivity contribution in [1.29, 1.82) is 0 Å². The molecule has 1 unspecified atom stereocenters. The third kappa shape index (κ3) is 4.56. The summed E-state index contributed by atoms with van der Waals surface area (Å²) in [6.45, 7) is 4.10. The number of likely N-dealkylation sites (tertiary alicyclic amines) is 1. The molecule has 146 valence electrons. The predicted octanol–water partition coefficient (Wildman–Crippen LogP) is 5.14. The molecule has 1 saturated heterocycles. The SMILES string of the molecule is COc1cc(OC)c(OC)cc1CN1CCCCCC1c1cccc(C)c1. The van der Waals surface area contributed by atoms with E-state index in [1.54, 1.807) is 21.3 Å². The van der Waals surface area contributed by atoms with E-state index in [9.17, 15) is 0 Å². The van der Waals surface area contributed by atoms with Crippen molar-refractivity contribution in [2.24, 2.45) is 0 Å². The van der Waals surface area contributed by atoms with E-state index >= 15 is 0 Å². The van der Waals surface area contributed by atoms with Crippen LogP contribution in [0.2, 0.25) is 0 Å². The second-order valence-electron chi connectivity index (χ2n) is 7.27. The first kappa shape index (κ1) is 19.6. The summed E-state index contributed by atoms with van der Waals surface area (Å²) in [6.07, 6.45) is 5.00. The van der Waals surface area contributed by atoms with Gasteiger partial charge >= 0.3 is 0 Å². The number of hydrogen-bond donors (Lipinski definition) is 0. The van der Waals surface area contributed by atoms with Gasteiger partial charge in [0.15, 0.2) is 11.5 Å². The highest BCUT2D eigenvalue weighted by molar-refractivity contribution is 5.50. The molecule has 4 heteroatoms. The fourth-order valence-corrected chi connectivity index (χ4v) is 4.05. The van der Waals surface area contributed by atoms with Gasteiger partial charge in [0.1, 0.15) is 5.75 Å². The summed E-state index contributed by atoms with van der Waals surface area (Å²) in [5.74, 6) is 2.29. The van der Waals surface area contributed by atoms with E-state index in [1.165, 1.54) is 36.8 Å². The minimum absolute atomic E-state index is 0.435. The summed E-state index contributed by atoms with van der Waals surface area (Å²) in [5, 5.41) is 0. The van der Waals surface area contributed by atoms with Gasteiger partial charge < -0.3 is 14.2 Å². The minimum Gasteiger partial charge on any atom is -0.496 e. The molecule has 0 saturated carbocycles. The molecule has 0 bridgehead atoms. The highest BCUT2D eigenvalue weighted by Crippen LogP contribution is 2.38. The zero-order valence-electron chi connectivity index (χ0n) is 17.0. The summed E-state index contributed by atoms with van der Waals surface area (Å²) in [4.78, 5) is 2.59. The van der Waals surface area contributed by atoms with Gasteiger partial charge in [-0.15, -0.1) is 0 Å². The van der Waals surface area contributed by atoms with Gasteiger partial charge in [-0.2, -0.15) is 0 Å². The molecule has 0 N–H and O–H groups in total. The number of ether oxygens (including phenoxy) is 3. The van der Waals surface area contributed by atoms with Crippen LogP contribution in [0.15, 0.2) is 36.4 Å². The van der Waals surface area contributed by atoms with Crippen LogP contribution in [0.5, 0.6) is 17.2 Å². The largest absolute Gasteiger partial charge is 0.496 e. The van der Waals surface area contributed by atoms with E-state index in [-0.39, 0.29) is 0 Å². The number of nitrogens with zero attached hydrogens (tertiary/aromatic N) is 1. The van der Waals surface area contributed by atoms with Crippen LogP contribution in [0.4, 0.5) is 0 Å². The minimum atomic E-state index is 0.435. The van der Waals surface area contributed by atoms with Crippen molar-refractivity contribution < 1.29 is 14.2 Å². The van der Waals surface area contributed by atoms with Crippen LogP contribution < -0.4 is 14.2 Å². The van der Waals surface area contributed by atoms with E-state index in [0.29, 0.717) is 11.8 Å². The maximum atomic E-state index is 5.66. The monoisotopic (exact) mass is 369 g/mol. The van der Waals surface area contributed by atoms with Crippen LogP contribution in [0, 0.1) is 6.92 Å². The van der Waals surface area contributed by atoms with Crippen molar-refractivity contribution in [2.75, 3.05) is 27.9 Å². The second-order valence-corrected chi connectivity index (χ2v) is 7.27. The van der Waals surface area contributed by atoms with E-state index in [0.717, 1.165) is 30.2 Å². The van der Waals surface area contributed by atoms with Crippen LogP contribution in [0.3, 0.4) is 0 Å². The molecule has 4 nitrogen and oxygen atoms in total. The molecule has 2 aromatic rings. The van der Waals surface area contributed by atoms with Crippen LogP contribution in [0.1, 0.15) is 48.4 Å². The van der Waals surface area contributed by atoms with Crippen LogP contribution >= 0.6 is 0 Å². The van der Waals surface area contributed by atoms with Gasteiger partial charge in [0.05, 0.1) is 21.3 Å². The van der Waals surface area contributed by atoms with Gasteiger partial charge in [0.2, 0.25) is 0 Å². The Hall–Kier alpha value is -2.20. The lowest BCUT2D eigenvalue weighted by molar-refractivity contribution is 0.189. The summed E-state index contributed by atoms with van der Waals surface area (Å²) < 4.78 is 16.6. The number of methoxy groups -OCH3 is 3. The fraction of sp³-hybridized carbons (Fsp3) is 0.478. The zero-order valence-corrected chi connectivity index (χ0v) is 17.0. The molecule has 1 atom stereocenters. The third-order valence-electron chi connectivity index (χ3n) is 5.45. The number of aryl methyl sites for hydroxylation is 1. The Balaban J connectivity index is 1.93.